The van der Waals surface area contributed by atoms with E-state index in [1.165, 1.54) is 6.08 Å². The molecule has 2 bridgehead atoms. The maximum atomic E-state index is 13.6. The summed E-state index contributed by atoms with van der Waals surface area (Å²) in [6.07, 6.45) is -20.3. The van der Waals surface area contributed by atoms with Gasteiger partial charge in [-0.15, -0.1) is 0 Å². The van der Waals surface area contributed by atoms with E-state index in [-0.39, 0.29) is 83.5 Å². The van der Waals surface area contributed by atoms with Gasteiger partial charge in [-0.2, -0.15) is 0 Å². The summed E-state index contributed by atoms with van der Waals surface area (Å²) in [5.41, 5.74) is 0. The van der Waals surface area contributed by atoms with Crippen LogP contribution in [0, 0.1) is 29.6 Å². The summed E-state index contributed by atoms with van der Waals surface area (Å²) >= 11 is 0. The molecule has 0 aromatic carbocycles. The zero-order chi connectivity index (χ0) is 60.6. The first-order valence-electron chi connectivity index (χ1n) is 29.3. The molecule has 0 aliphatic carbocycles. The normalized spacial score (nSPS) is 40.3. The molecule has 4 rings (SSSR count). The number of hydrogen-bond acceptors (Lipinski definition) is 23. The van der Waals surface area contributed by atoms with Crippen LogP contribution in [-0.2, 0) is 52.3 Å². The first-order chi connectivity index (χ1) is 37.9. The summed E-state index contributed by atoms with van der Waals surface area (Å²) in [6.45, 7) is 13.6. The van der Waals surface area contributed by atoms with Crippen molar-refractivity contribution < 1.29 is 119 Å². The Morgan fingerprint density at radius 1 is 0.728 bits per heavy atom. The van der Waals surface area contributed by atoms with E-state index >= 15 is 0 Å². The average Bonchev–Trinajstić information content (AvgIpc) is 4.22. The Hall–Kier alpha value is -3.02. The Labute approximate surface area is 475 Å². The second kappa shape index (κ2) is 33.0. The summed E-state index contributed by atoms with van der Waals surface area (Å²) < 4.78 is 41.0. The quantitative estimate of drug-likeness (QED) is 0.0474. The number of aliphatic hydroxyl groups is 12. The first kappa shape index (κ1) is 70.5. The number of epoxide rings is 1. The maximum absolute atomic E-state index is 13.6. The molecule has 470 valence electrons. The molecule has 24 heteroatoms. The Morgan fingerprint density at radius 3 is 2.06 bits per heavy atom. The van der Waals surface area contributed by atoms with Crippen LogP contribution in [0.2, 0.25) is 0 Å². The van der Waals surface area contributed by atoms with E-state index in [1.807, 2.05) is 6.92 Å². The lowest BCUT2D eigenvalue weighted by molar-refractivity contribution is -0.333. The Kier molecular flexibility index (Phi) is 28.7. The number of ether oxygens (including phenoxy) is 7. The monoisotopic (exact) mass is 1170 g/mol. The number of aliphatic hydroxyl groups excluding tert-OH is 11. The maximum Gasteiger partial charge on any atom is 0.330 e. The molecule has 13 N–H and O–H groups in total. The van der Waals surface area contributed by atoms with E-state index < -0.39 is 194 Å². The molecular weight excluding hydrogens is 1070 g/mol. The highest BCUT2D eigenvalue weighted by Gasteiger charge is 2.53. The minimum absolute atomic E-state index is 0.0265. The van der Waals surface area contributed by atoms with Crippen LogP contribution in [0.3, 0.4) is 0 Å². The van der Waals surface area contributed by atoms with Crippen LogP contribution in [-0.4, -0.2) is 218 Å². The highest BCUT2D eigenvalue weighted by atomic mass is 16.7. The second-order valence-electron chi connectivity index (χ2n) is 23.9. The molecule has 24 nitrogen and oxygen atoms in total. The van der Waals surface area contributed by atoms with Gasteiger partial charge in [-0.1, -0.05) is 54.0 Å². The number of carbonyl (C=O) groups excluding carboxylic acids is 3. The number of cyclic esters (lactones) is 1. The smallest absolute Gasteiger partial charge is 0.330 e. The summed E-state index contributed by atoms with van der Waals surface area (Å²) in [5, 5.41) is 143. The van der Waals surface area contributed by atoms with Gasteiger partial charge >= 0.3 is 23.9 Å². The van der Waals surface area contributed by atoms with Crippen molar-refractivity contribution in [2.24, 2.45) is 29.6 Å². The number of aliphatic carboxylic acids is 1. The Bertz CT molecular complexity index is 1940. The fraction of sp³-hybridized carbons (Fsp3) is 0.895. The van der Waals surface area contributed by atoms with Crippen molar-refractivity contribution in [2.75, 3.05) is 0 Å². The number of rotatable bonds is 15. The van der Waals surface area contributed by atoms with Gasteiger partial charge < -0.3 is 99.5 Å². The predicted octanol–water partition coefficient (Wildman–Crippen LogP) is 1.18. The lowest BCUT2D eigenvalue weighted by Crippen LogP contribution is -2.59. The molecule has 0 amide bonds. The third-order valence-corrected chi connectivity index (χ3v) is 16.9. The van der Waals surface area contributed by atoms with Crippen LogP contribution < -0.4 is 0 Å². The van der Waals surface area contributed by atoms with Crippen molar-refractivity contribution in [3.05, 3.63) is 12.2 Å². The van der Waals surface area contributed by atoms with E-state index in [9.17, 15) is 85.6 Å². The fourth-order valence-corrected chi connectivity index (χ4v) is 11.5. The highest BCUT2D eigenvalue weighted by molar-refractivity contribution is 5.90. The van der Waals surface area contributed by atoms with Crippen LogP contribution >= 0.6 is 0 Å². The number of carboxylic acid groups (broad SMARTS) is 1. The van der Waals surface area contributed by atoms with Gasteiger partial charge in [-0.05, 0) is 84.0 Å². The van der Waals surface area contributed by atoms with Gasteiger partial charge in [0, 0.05) is 61.9 Å². The van der Waals surface area contributed by atoms with E-state index in [1.54, 1.807) is 48.5 Å². The molecule has 3 fully saturated rings. The van der Waals surface area contributed by atoms with Crippen molar-refractivity contribution in [1.82, 2.24) is 0 Å². The van der Waals surface area contributed by atoms with Crippen molar-refractivity contribution in [2.45, 2.75) is 293 Å². The van der Waals surface area contributed by atoms with Gasteiger partial charge in [-0.3, -0.25) is 14.4 Å². The molecule has 16 unspecified atom stereocenters. The number of esters is 3. The number of unbranched alkanes of at least 4 members (excludes halogenated alkanes) is 1. The number of carboxylic acids is 1. The van der Waals surface area contributed by atoms with Crippen molar-refractivity contribution in [3.8, 4) is 0 Å². The zero-order valence-electron chi connectivity index (χ0n) is 48.4. The summed E-state index contributed by atoms with van der Waals surface area (Å²) in [6, 6.07) is 0. The van der Waals surface area contributed by atoms with Crippen LogP contribution in [0.25, 0.3) is 0 Å². The largest absolute Gasteiger partial charge is 0.481 e. The van der Waals surface area contributed by atoms with E-state index in [4.69, 9.17) is 33.2 Å². The standard InChI is InChI=1S/C57H98O24/c1-9-10-16-46(67)78-44-25-49(76-34(8)52(44)72)75-33(7)29(3)50(70)30(4)51(71)31(5)53-32(6)54-55(80-54)41(62)15-12-14-39(77-48(69)26-45(65)66)22-38(61)23-40-24-42(63)56(73)57(74,81-40)27-43(64)28(2)18-19-36(59)21-37(60)20-35(58)13-11-17-47(68)79-53/h11,17,28-44,49-56,58-64,70-74H,9-10,12-16,18-27H2,1-8H3,(H,65,66)/b17-11+/t28?,29?,30?,31?,32?,33?,34-,35?,36?,37?,38?,39?,40-,41?,42+,43?,44-,49+,50?,51?,52+,53?,54+,55+,56-,57+/m1/s1. The second-order valence-corrected chi connectivity index (χ2v) is 23.9. The Balaban J connectivity index is 1.53. The molecule has 26 atom stereocenters. The van der Waals surface area contributed by atoms with E-state index in [0.29, 0.717) is 6.42 Å². The third-order valence-electron chi connectivity index (χ3n) is 16.9. The number of carbonyl (C=O) groups is 4. The molecule has 0 saturated carbocycles. The van der Waals surface area contributed by atoms with Gasteiger partial charge in [0.2, 0.25) is 0 Å². The molecule has 0 aromatic heterocycles. The molecule has 3 saturated heterocycles. The van der Waals surface area contributed by atoms with Gasteiger partial charge in [0.15, 0.2) is 12.1 Å². The van der Waals surface area contributed by atoms with Crippen LogP contribution in [0.1, 0.15) is 165 Å². The fourth-order valence-electron chi connectivity index (χ4n) is 11.5. The van der Waals surface area contributed by atoms with Gasteiger partial charge in [0.25, 0.3) is 0 Å². The molecule has 81 heavy (non-hydrogen) atoms. The molecule has 0 aromatic rings. The first-order valence-corrected chi connectivity index (χ1v) is 29.3. The summed E-state index contributed by atoms with van der Waals surface area (Å²) in [4.78, 5) is 50.0. The van der Waals surface area contributed by atoms with Gasteiger partial charge in [-0.25, -0.2) is 4.79 Å². The highest BCUT2D eigenvalue weighted by Crippen LogP contribution is 2.41. The lowest BCUT2D eigenvalue weighted by Gasteiger charge is -2.45. The molecule has 0 spiro atoms. The predicted molar refractivity (Wildman–Crippen MR) is 286 cm³/mol. The minimum atomic E-state index is -2.47. The van der Waals surface area contributed by atoms with Crippen molar-refractivity contribution in [1.29, 1.82) is 0 Å². The molecule has 0 radical (unpaired) electrons. The average molecular weight is 1170 g/mol. The van der Waals surface area contributed by atoms with Crippen molar-refractivity contribution >= 4 is 23.9 Å². The summed E-state index contributed by atoms with van der Waals surface area (Å²) in [7, 11) is 0. The van der Waals surface area contributed by atoms with Crippen LogP contribution in [0.15, 0.2) is 12.2 Å². The Morgan fingerprint density at radius 2 is 1.40 bits per heavy atom. The van der Waals surface area contributed by atoms with Crippen LogP contribution in [0.4, 0.5) is 0 Å². The number of hydrogen-bond donors (Lipinski definition) is 13. The molecule has 4 heterocycles. The lowest BCUT2D eigenvalue weighted by atomic mass is 9.77. The molecular formula is C57H98O24. The zero-order valence-corrected chi connectivity index (χ0v) is 48.4. The van der Waals surface area contributed by atoms with E-state index in [0.717, 1.165) is 12.5 Å². The third kappa shape index (κ3) is 22.1. The topological polar surface area (TPSA) is 399 Å². The summed E-state index contributed by atoms with van der Waals surface area (Å²) in [5.74, 6) is -10.0. The van der Waals surface area contributed by atoms with E-state index in [2.05, 4.69) is 0 Å². The molecule has 4 aliphatic rings. The molecule has 4 aliphatic heterocycles. The number of fused-ring (bicyclic) bond motifs is 3. The van der Waals surface area contributed by atoms with Crippen molar-refractivity contribution in [3.63, 3.8) is 0 Å². The van der Waals surface area contributed by atoms with Crippen LogP contribution in [0.5, 0.6) is 0 Å². The van der Waals surface area contributed by atoms with Gasteiger partial charge in [0.1, 0.15) is 43.0 Å². The minimum Gasteiger partial charge on any atom is -0.481 e. The van der Waals surface area contributed by atoms with Gasteiger partial charge in [0.05, 0.1) is 79.4 Å². The SMILES string of the molecule is CCCCC(=O)O[C@@H]1C[C@@H](OC(C)C(C)C(O)C(C)C(O)C(C)C2OC(=O)/C=C/CC(O)CC(O)CC(O)CCC(C)C(O)C[C@]3(O)O[C@H](CC(O)CC(OC(=O)CC(=O)O)CCCC(O)[C@@H]4O[C@H]4C2C)C[C@H](O)[C@H]3O)O[C@H](C)[C@@H]1O.